The number of furan rings is 1. The van der Waals surface area contributed by atoms with Crippen molar-refractivity contribution in [3.05, 3.63) is 56.2 Å². The Kier molecular flexibility index (Phi) is 5.74. The first-order valence-corrected chi connectivity index (χ1v) is 10.7. The molecule has 0 aliphatic carbocycles. The summed E-state index contributed by atoms with van der Waals surface area (Å²) in [6.45, 7) is 0.244. The largest absolute Gasteiger partial charge is 0.444 e. The van der Waals surface area contributed by atoms with Gasteiger partial charge in [-0.05, 0) is 50.1 Å². The van der Waals surface area contributed by atoms with E-state index in [1.165, 1.54) is 11.3 Å². The lowest BCUT2D eigenvalue weighted by atomic mass is 10.3. The van der Waals surface area contributed by atoms with Crippen molar-refractivity contribution in [3.63, 3.8) is 0 Å². The third-order valence-electron chi connectivity index (χ3n) is 3.72. The average molecular weight is 540 g/mol. The summed E-state index contributed by atoms with van der Waals surface area (Å²) in [7, 11) is 0. The molecule has 0 atom stereocenters. The van der Waals surface area contributed by atoms with Crippen LogP contribution in [0, 0.1) is 0 Å². The summed E-state index contributed by atoms with van der Waals surface area (Å²) in [6.07, 6.45) is 1.75. The number of nitrogens with one attached hydrogen (secondary N) is 3. The number of thiazole rings is 1. The number of aromatic amines is 1. The van der Waals surface area contributed by atoms with Crippen molar-refractivity contribution in [1.29, 1.82) is 0 Å². The minimum absolute atomic E-state index is 0.0860. The first kappa shape index (κ1) is 19.7. The molecule has 0 aliphatic rings. The highest BCUT2D eigenvalue weighted by molar-refractivity contribution is 9.10. The Bertz CT molecular complexity index is 1200. The number of anilines is 1. The van der Waals surface area contributed by atoms with Crippen molar-refractivity contribution in [3.8, 4) is 0 Å². The van der Waals surface area contributed by atoms with Crippen molar-refractivity contribution in [2.24, 2.45) is 0 Å². The highest BCUT2D eigenvalue weighted by Crippen LogP contribution is 2.19. The minimum atomic E-state index is -0.411. The highest BCUT2D eigenvalue weighted by atomic mass is 79.9. The van der Waals surface area contributed by atoms with Crippen molar-refractivity contribution in [2.75, 3.05) is 5.32 Å². The van der Waals surface area contributed by atoms with Gasteiger partial charge in [0.25, 0.3) is 5.91 Å². The SMILES string of the molecule is O=C(Cc1csc(NC(=O)c2ccc(Br)o2)n1)NCc1nc2ncc(Br)cc2[nH]1. The predicted octanol–water partition coefficient (Wildman–Crippen LogP) is 3.64. The van der Waals surface area contributed by atoms with Gasteiger partial charge in [-0.25, -0.2) is 15.0 Å². The lowest BCUT2D eigenvalue weighted by Gasteiger charge is -2.01. The number of halogens is 2. The molecule has 3 N–H and O–H groups in total. The zero-order valence-electron chi connectivity index (χ0n) is 14.5. The Morgan fingerprint density at radius 3 is 2.90 bits per heavy atom. The minimum Gasteiger partial charge on any atom is -0.444 e. The van der Waals surface area contributed by atoms with Gasteiger partial charge in [-0.2, -0.15) is 0 Å². The van der Waals surface area contributed by atoms with E-state index >= 15 is 0 Å². The van der Waals surface area contributed by atoms with E-state index in [2.05, 4.69) is 62.4 Å². The number of nitrogens with zero attached hydrogens (tertiary/aromatic N) is 3. The zero-order chi connectivity index (χ0) is 20.4. The molecule has 4 heterocycles. The van der Waals surface area contributed by atoms with Crippen LogP contribution in [-0.4, -0.2) is 31.8 Å². The Balaban J connectivity index is 1.31. The van der Waals surface area contributed by atoms with Crippen LogP contribution in [0.4, 0.5) is 5.13 Å². The fraction of sp³-hybridized carbons (Fsp3) is 0.118. The molecule has 29 heavy (non-hydrogen) atoms. The summed E-state index contributed by atoms with van der Waals surface area (Å²) in [4.78, 5) is 40.1. The van der Waals surface area contributed by atoms with Gasteiger partial charge in [-0.3, -0.25) is 14.9 Å². The molecule has 4 rings (SSSR count). The molecule has 0 radical (unpaired) electrons. The topological polar surface area (TPSA) is 126 Å². The van der Waals surface area contributed by atoms with Gasteiger partial charge in [0, 0.05) is 16.0 Å². The second-order valence-electron chi connectivity index (χ2n) is 5.86. The lowest BCUT2D eigenvalue weighted by molar-refractivity contribution is -0.120. The van der Waals surface area contributed by atoms with Gasteiger partial charge >= 0.3 is 0 Å². The number of imidazole rings is 1. The summed E-state index contributed by atoms with van der Waals surface area (Å²) in [5.74, 6) is 0.150. The molecule has 12 heteroatoms. The number of hydrogen-bond donors (Lipinski definition) is 3. The Hall–Kier alpha value is -2.57. The molecule has 4 aromatic rings. The highest BCUT2D eigenvalue weighted by Gasteiger charge is 2.14. The van der Waals surface area contributed by atoms with Crippen LogP contribution in [0.15, 0.2) is 43.3 Å². The fourth-order valence-electron chi connectivity index (χ4n) is 2.46. The van der Waals surface area contributed by atoms with Crippen LogP contribution in [0.2, 0.25) is 0 Å². The number of carbonyl (C=O) groups is 2. The third kappa shape index (κ3) is 4.89. The van der Waals surface area contributed by atoms with E-state index in [0.29, 0.717) is 27.0 Å². The van der Waals surface area contributed by atoms with Crippen molar-refractivity contribution in [2.45, 2.75) is 13.0 Å². The summed E-state index contributed by atoms with van der Waals surface area (Å²) in [5, 5.41) is 7.53. The maximum atomic E-state index is 12.2. The Labute approximate surface area is 184 Å². The smallest absolute Gasteiger partial charge is 0.293 e. The number of aromatic nitrogens is 4. The van der Waals surface area contributed by atoms with E-state index in [9.17, 15) is 9.59 Å². The number of rotatable bonds is 6. The second-order valence-corrected chi connectivity index (χ2v) is 8.42. The van der Waals surface area contributed by atoms with E-state index in [1.807, 2.05) is 6.07 Å². The molecule has 0 unspecified atom stereocenters. The van der Waals surface area contributed by atoms with E-state index < -0.39 is 5.91 Å². The summed E-state index contributed by atoms with van der Waals surface area (Å²) >= 11 is 7.73. The lowest BCUT2D eigenvalue weighted by Crippen LogP contribution is -2.25. The Morgan fingerprint density at radius 2 is 2.10 bits per heavy atom. The predicted molar refractivity (Wildman–Crippen MR) is 114 cm³/mol. The molecule has 9 nitrogen and oxygen atoms in total. The van der Waals surface area contributed by atoms with Crippen LogP contribution in [0.5, 0.6) is 0 Å². The number of pyridine rings is 1. The van der Waals surface area contributed by atoms with Gasteiger partial charge in [0.05, 0.1) is 24.2 Å². The summed E-state index contributed by atoms with van der Waals surface area (Å²) in [6, 6.07) is 5.05. The van der Waals surface area contributed by atoms with Crippen LogP contribution in [0.25, 0.3) is 11.2 Å². The van der Waals surface area contributed by atoms with Gasteiger partial charge < -0.3 is 14.7 Å². The van der Waals surface area contributed by atoms with Gasteiger partial charge in [-0.1, -0.05) is 0 Å². The van der Waals surface area contributed by atoms with Crippen molar-refractivity contribution in [1.82, 2.24) is 25.3 Å². The molecule has 0 aromatic carbocycles. The number of fused-ring (bicyclic) bond motifs is 1. The van der Waals surface area contributed by atoms with Gasteiger partial charge in [0.1, 0.15) is 5.82 Å². The first-order chi connectivity index (χ1) is 14.0. The van der Waals surface area contributed by atoms with Gasteiger partial charge in [-0.15, -0.1) is 11.3 Å². The molecule has 148 valence electrons. The molecule has 2 amide bonds. The van der Waals surface area contributed by atoms with Crippen molar-refractivity contribution >= 4 is 71.3 Å². The molecule has 0 saturated heterocycles. The van der Waals surface area contributed by atoms with E-state index in [4.69, 9.17) is 4.42 Å². The number of H-pyrrole nitrogens is 1. The molecule has 4 aromatic heterocycles. The molecule has 0 fully saturated rings. The van der Waals surface area contributed by atoms with E-state index in [0.717, 1.165) is 9.99 Å². The van der Waals surface area contributed by atoms with E-state index in [-0.39, 0.29) is 24.6 Å². The number of amides is 2. The second kappa shape index (κ2) is 8.43. The average Bonchev–Trinajstić information content (AvgIpc) is 3.39. The third-order valence-corrected chi connectivity index (χ3v) is 5.38. The van der Waals surface area contributed by atoms with Crippen LogP contribution in [-0.2, 0) is 17.8 Å². The summed E-state index contributed by atoms with van der Waals surface area (Å²) < 4.78 is 6.50. The first-order valence-electron chi connectivity index (χ1n) is 8.24. The zero-order valence-corrected chi connectivity index (χ0v) is 18.5. The van der Waals surface area contributed by atoms with Gasteiger partial charge in [0.15, 0.2) is 21.2 Å². The maximum Gasteiger partial charge on any atom is 0.293 e. The monoisotopic (exact) mass is 538 g/mol. The van der Waals surface area contributed by atoms with Crippen molar-refractivity contribution < 1.29 is 14.0 Å². The summed E-state index contributed by atoms with van der Waals surface area (Å²) in [5.41, 5.74) is 1.92. The van der Waals surface area contributed by atoms with Crippen LogP contribution < -0.4 is 10.6 Å². The number of carbonyl (C=O) groups excluding carboxylic acids is 2. The Morgan fingerprint density at radius 1 is 1.24 bits per heavy atom. The van der Waals surface area contributed by atoms with E-state index in [1.54, 1.807) is 23.7 Å². The van der Waals surface area contributed by atoms with Gasteiger partial charge in [0.2, 0.25) is 5.91 Å². The standard InChI is InChI=1S/C17H12Br2N6O3S/c18-8-3-10-15(21-5-8)24-13(23-10)6-20-14(26)4-9-7-29-17(22-9)25-16(27)11-1-2-12(19)28-11/h1-3,5,7H,4,6H2,(H,20,26)(H,21,23,24)(H,22,25,27). The molecule has 0 saturated carbocycles. The van der Waals surface area contributed by atoms with Crippen LogP contribution in [0.1, 0.15) is 22.1 Å². The van der Waals surface area contributed by atoms with Crippen LogP contribution >= 0.6 is 43.2 Å². The molecular formula is C17H12Br2N6O3S. The fourth-order valence-corrected chi connectivity index (χ4v) is 3.80. The molecule has 0 bridgehead atoms. The number of hydrogen-bond acceptors (Lipinski definition) is 7. The molecule has 0 spiro atoms. The molecule has 0 aliphatic heterocycles. The molecular weight excluding hydrogens is 528 g/mol. The maximum absolute atomic E-state index is 12.2. The van der Waals surface area contributed by atoms with Crippen LogP contribution in [0.3, 0.4) is 0 Å². The quantitative estimate of drug-likeness (QED) is 0.343. The normalized spacial score (nSPS) is 11.0.